The fourth-order valence-corrected chi connectivity index (χ4v) is 17.0. The van der Waals surface area contributed by atoms with Crippen molar-refractivity contribution in [2.45, 2.75) is 101 Å². The van der Waals surface area contributed by atoms with E-state index in [1.165, 1.54) is 26.3 Å². The highest BCUT2D eigenvalue weighted by Gasteiger charge is 2.55. The second kappa shape index (κ2) is 33.2. The Morgan fingerprint density at radius 3 is 0.875 bits per heavy atom. The Kier molecular flexibility index (Phi) is 24.4. The maximum absolute atomic E-state index is 12.9. The molecule has 492 valence electrons. The van der Waals surface area contributed by atoms with Crippen LogP contribution in [0.1, 0.15) is 97.0 Å². The number of hydrogen-bond acceptors (Lipinski definition) is 12. The van der Waals surface area contributed by atoms with Crippen LogP contribution in [0.4, 0.5) is 0 Å². The molecule has 0 radical (unpaired) electrons. The molecule has 3 amide bonds. The van der Waals surface area contributed by atoms with Crippen molar-refractivity contribution in [1.29, 1.82) is 0 Å². The molecule has 17 heteroatoms. The molecular weight excluding hydrogens is 1300 g/mol. The van der Waals surface area contributed by atoms with Crippen LogP contribution in [0.25, 0.3) is 18.2 Å². The number of rotatable bonds is 24. The molecule has 3 saturated heterocycles. The number of hydrogen-bond donors (Lipinski definition) is 0. The Morgan fingerprint density at radius 2 is 0.635 bits per heavy atom. The molecule has 0 spiro atoms. The average Bonchev–Trinajstić information content (AvgIpc) is 0.750. The van der Waals surface area contributed by atoms with E-state index in [9.17, 15) is 43.2 Å². The van der Waals surface area contributed by atoms with Crippen LogP contribution >= 0.6 is 58.5 Å². The zero-order valence-corrected chi connectivity index (χ0v) is 58.0. The van der Waals surface area contributed by atoms with Crippen LogP contribution < -0.4 is 0 Å². The zero-order chi connectivity index (χ0) is 68.0. The highest BCUT2D eigenvalue weighted by molar-refractivity contribution is 8.00. The summed E-state index contributed by atoms with van der Waals surface area (Å²) >= 11 is 16.6. The van der Waals surface area contributed by atoms with E-state index >= 15 is 0 Å². The van der Waals surface area contributed by atoms with Crippen molar-refractivity contribution >= 4 is 129 Å². The van der Waals surface area contributed by atoms with Gasteiger partial charge in [-0.05, 0) is 73.2 Å². The first kappa shape index (κ1) is 70.6. The van der Waals surface area contributed by atoms with E-state index < -0.39 is 0 Å². The number of amides is 3. The lowest BCUT2D eigenvalue weighted by Crippen LogP contribution is -2.61. The molecule has 6 atom stereocenters. The van der Waals surface area contributed by atoms with Crippen LogP contribution in [-0.2, 0) is 80.6 Å². The Bertz CT molecular complexity index is 3690. The second-order valence-corrected chi connectivity index (χ2v) is 28.2. The third kappa shape index (κ3) is 17.1. The number of ketones is 6. The van der Waals surface area contributed by atoms with Gasteiger partial charge in [-0.25, -0.2) is 0 Å². The van der Waals surface area contributed by atoms with Crippen molar-refractivity contribution in [3.05, 3.63) is 266 Å². The number of β-lactam (4-membered cyclic amide) rings is 3. The molecule has 96 heavy (non-hydrogen) atoms. The van der Waals surface area contributed by atoms with Crippen LogP contribution in [0.2, 0.25) is 0 Å². The lowest BCUT2D eigenvalue weighted by atomic mass is 9.88. The summed E-state index contributed by atoms with van der Waals surface area (Å²) in [6, 6.07) is 52.8. The molecule has 6 aliphatic rings. The van der Waals surface area contributed by atoms with Crippen molar-refractivity contribution in [2.75, 3.05) is 17.3 Å². The van der Waals surface area contributed by atoms with Gasteiger partial charge in [-0.3, -0.25) is 57.9 Å². The van der Waals surface area contributed by atoms with Gasteiger partial charge in [0.05, 0.1) is 51.0 Å². The number of alkyl halides is 2. The summed E-state index contributed by atoms with van der Waals surface area (Å²) in [6.45, 7) is 6.61. The molecule has 0 bridgehead atoms. The molecule has 3 fully saturated rings. The van der Waals surface area contributed by atoms with E-state index in [-0.39, 0.29) is 106 Å². The SMILES string of the molecule is CC(=O)C1=C(/C=C/c2ccc(CCl)cc2)CS[C@@H]2[C@H](CC(=O)Cc3ccccc3)C(=O)N12.CC(=O)C1=C(/C=C\c2ccc(CCl)cc2)CS[C@@H]2[C@H](CC(=O)Cc3ccccc3)C(=O)N12.CCc1ccc(C=CC2=C(C(C)=O)N3C(=O)[C@@H](CC(=O)Cc4ccccc4)[C@H]3SC2)cc1. The number of carbonyl (C=O) groups excluding carboxylic acids is 9. The van der Waals surface area contributed by atoms with Crippen LogP contribution in [0.5, 0.6) is 0 Å². The van der Waals surface area contributed by atoms with Gasteiger partial charge in [0.25, 0.3) is 0 Å². The van der Waals surface area contributed by atoms with Gasteiger partial charge < -0.3 is 0 Å². The van der Waals surface area contributed by atoms with E-state index in [1.54, 1.807) is 50.0 Å². The highest BCUT2D eigenvalue weighted by Crippen LogP contribution is 2.48. The smallest absolute Gasteiger partial charge is 0.234 e. The number of nitrogens with zero attached hydrogens (tertiary/aromatic N) is 3. The van der Waals surface area contributed by atoms with Gasteiger partial charge in [-0.1, -0.05) is 207 Å². The normalized spacial score (nSPS) is 20.3. The summed E-state index contributed by atoms with van der Waals surface area (Å²) in [5.74, 6) is 1.17. The molecule has 6 aromatic rings. The molecule has 6 aliphatic heterocycles. The number of aryl methyl sites for hydroxylation is 1. The molecule has 0 saturated carbocycles. The largest absolute Gasteiger partial charge is 0.299 e. The monoisotopic (exact) mass is 1380 g/mol. The number of Topliss-reactive ketones (excluding diaryl/α,β-unsaturated/α-hetero) is 6. The molecular formula is C79H75Cl2N3O9S3. The minimum Gasteiger partial charge on any atom is -0.299 e. The van der Waals surface area contributed by atoms with Crippen molar-refractivity contribution in [1.82, 2.24) is 14.7 Å². The van der Waals surface area contributed by atoms with Crippen molar-refractivity contribution in [3.8, 4) is 0 Å². The number of thioether (sulfide) groups is 3. The fourth-order valence-electron chi connectivity index (χ4n) is 12.5. The fraction of sp³-hybridized carbons (Fsp3) is 0.278. The summed E-state index contributed by atoms with van der Waals surface area (Å²) in [7, 11) is 0. The van der Waals surface area contributed by atoms with Crippen molar-refractivity contribution in [2.24, 2.45) is 17.8 Å². The highest BCUT2D eigenvalue weighted by atomic mass is 35.5. The topological polar surface area (TPSA) is 163 Å². The van der Waals surface area contributed by atoms with E-state index in [0.29, 0.717) is 65.4 Å². The Morgan fingerprint density at radius 1 is 0.375 bits per heavy atom. The molecule has 0 unspecified atom stereocenters. The summed E-state index contributed by atoms with van der Waals surface area (Å²) in [5, 5.41) is -0.440. The molecule has 12 nitrogen and oxygen atoms in total. The van der Waals surface area contributed by atoms with E-state index in [4.69, 9.17) is 23.2 Å². The Labute approximate surface area is 584 Å². The Balaban J connectivity index is 0.000000157. The predicted octanol–water partition coefficient (Wildman–Crippen LogP) is 14.9. The minimum absolute atomic E-state index is 0.0502. The molecule has 6 aromatic carbocycles. The van der Waals surface area contributed by atoms with Gasteiger partial charge in [0.1, 0.15) is 17.3 Å². The first-order valence-electron chi connectivity index (χ1n) is 32.1. The first-order chi connectivity index (χ1) is 46.4. The van der Waals surface area contributed by atoms with Gasteiger partial charge in [-0.2, -0.15) is 0 Å². The number of halogens is 2. The molecule has 0 aromatic heterocycles. The zero-order valence-electron chi connectivity index (χ0n) is 54.0. The molecule has 0 N–H and O–H groups in total. The number of fused-ring (bicyclic) bond motifs is 3. The van der Waals surface area contributed by atoms with Crippen LogP contribution in [0.3, 0.4) is 0 Å². The third-order valence-corrected chi connectivity index (χ3v) is 22.2. The summed E-state index contributed by atoms with van der Waals surface area (Å²) in [6.07, 6.45) is 14.3. The van der Waals surface area contributed by atoms with Crippen molar-refractivity contribution in [3.63, 3.8) is 0 Å². The lowest BCUT2D eigenvalue weighted by molar-refractivity contribution is -0.151. The summed E-state index contributed by atoms with van der Waals surface area (Å²) in [5.41, 5.74) is 13.2. The minimum atomic E-state index is -0.362. The molecule has 6 heterocycles. The van der Waals surface area contributed by atoms with E-state index in [2.05, 4.69) is 31.2 Å². The lowest BCUT2D eigenvalue weighted by Gasteiger charge is -2.50. The van der Waals surface area contributed by atoms with E-state index in [0.717, 1.165) is 67.6 Å². The van der Waals surface area contributed by atoms with Gasteiger partial charge in [0, 0.05) is 88.3 Å². The van der Waals surface area contributed by atoms with Crippen LogP contribution in [0, 0.1) is 17.8 Å². The number of benzene rings is 6. The first-order valence-corrected chi connectivity index (χ1v) is 36.3. The molecule has 0 aliphatic carbocycles. The molecule has 12 rings (SSSR count). The van der Waals surface area contributed by atoms with Crippen LogP contribution in [-0.4, -0.2) is 101 Å². The third-order valence-electron chi connectivity index (χ3n) is 17.5. The van der Waals surface area contributed by atoms with E-state index in [1.807, 2.05) is 176 Å². The van der Waals surface area contributed by atoms with Gasteiger partial charge in [0.2, 0.25) is 17.7 Å². The summed E-state index contributed by atoms with van der Waals surface area (Å²) in [4.78, 5) is 119. The predicted molar refractivity (Wildman–Crippen MR) is 387 cm³/mol. The standard InChI is InChI=1S/C27H27NO3S.2C26H24ClNO3S/c1-3-19-9-11-20(12-10-19)13-14-22-17-32-27-24(26(31)28(27)25(22)18(2)29)16-23(30)15-21-7-5-4-6-8-21;2*1-17(29)24-21(12-11-18-7-9-20(15-27)10-8-18)16-32-26-23(25(31)28(24)26)14-22(30)13-19-5-3-2-4-6-19/h4-14,24,27H,3,15-17H2,1-2H3;2*2-12,23,26H,13-16H2,1H3/b;12-11+;12-11-/t24-,27-;2*23-,26-/m111/s1. The van der Waals surface area contributed by atoms with Gasteiger partial charge >= 0.3 is 0 Å². The number of allylic oxidation sites excluding steroid dienone is 6. The Hall–Kier alpha value is -8.18. The second-order valence-electron chi connectivity index (χ2n) is 24.4. The summed E-state index contributed by atoms with van der Waals surface area (Å²) < 4.78 is 0. The maximum atomic E-state index is 12.9. The average molecular weight is 1380 g/mol. The van der Waals surface area contributed by atoms with Gasteiger partial charge in [-0.15, -0.1) is 58.5 Å². The quantitative estimate of drug-likeness (QED) is 0.0417. The maximum Gasteiger partial charge on any atom is 0.234 e. The van der Waals surface area contributed by atoms with Crippen molar-refractivity contribution < 1.29 is 43.2 Å². The van der Waals surface area contributed by atoms with Crippen LogP contribution in [0.15, 0.2) is 216 Å². The van der Waals surface area contributed by atoms with Gasteiger partial charge in [0.15, 0.2) is 17.3 Å². The number of carbonyl (C=O) groups is 9.